The molecule has 0 fully saturated rings. The maximum absolute atomic E-state index is 11.9. The highest BCUT2D eigenvalue weighted by Crippen LogP contribution is 2.27. The average molecular weight is 367 g/mol. The van der Waals surface area contributed by atoms with Crippen molar-refractivity contribution in [3.05, 3.63) is 65.2 Å². The number of hydrazine groups is 1. The molecule has 0 aliphatic rings. The molecular formula is C20H25N5O2. The number of hydrogen-bond acceptors (Lipinski definition) is 6. The molecule has 2 rings (SSSR count). The van der Waals surface area contributed by atoms with Gasteiger partial charge in [0.15, 0.2) is 0 Å². The first-order chi connectivity index (χ1) is 13.2. The van der Waals surface area contributed by atoms with Crippen LogP contribution in [0.3, 0.4) is 0 Å². The summed E-state index contributed by atoms with van der Waals surface area (Å²) in [6.45, 7) is 0. The van der Waals surface area contributed by atoms with Gasteiger partial charge in [-0.3, -0.25) is 4.79 Å². The minimum absolute atomic E-state index is 0.0442. The number of nitrogens with one attached hydrogen (secondary N) is 1. The second kappa shape index (κ2) is 10.7. The van der Waals surface area contributed by atoms with Crippen molar-refractivity contribution in [2.75, 3.05) is 7.11 Å². The summed E-state index contributed by atoms with van der Waals surface area (Å²) in [6.07, 6.45) is 4.98. The number of nitrogens with two attached hydrogens (primary N) is 2. The highest BCUT2D eigenvalue weighted by molar-refractivity contribution is 5.79. The first kappa shape index (κ1) is 20.1. The molecule has 0 spiro atoms. The van der Waals surface area contributed by atoms with E-state index in [2.05, 4.69) is 15.5 Å². The minimum atomic E-state index is -0.225. The molecule has 0 saturated carbocycles. The Morgan fingerprint density at radius 2 is 2.04 bits per heavy atom. The van der Waals surface area contributed by atoms with Gasteiger partial charge in [0.05, 0.1) is 25.4 Å². The number of carbonyl (C=O) groups is 1. The molecule has 1 atom stereocenters. The lowest BCUT2D eigenvalue weighted by atomic mass is 9.89. The van der Waals surface area contributed by atoms with E-state index in [1.54, 1.807) is 6.21 Å². The van der Waals surface area contributed by atoms with Crippen molar-refractivity contribution >= 4 is 24.2 Å². The molecule has 0 saturated heterocycles. The number of esters is 1. The van der Waals surface area contributed by atoms with E-state index >= 15 is 0 Å². The van der Waals surface area contributed by atoms with Crippen LogP contribution in [0, 0.1) is 0 Å². The minimum Gasteiger partial charge on any atom is -0.469 e. The third-order valence-corrected chi connectivity index (χ3v) is 4.25. The molecule has 1 unspecified atom stereocenters. The number of carbonyl (C=O) groups excluding carboxylic acids is 1. The summed E-state index contributed by atoms with van der Waals surface area (Å²) in [5.74, 6) is 10.2. The maximum Gasteiger partial charge on any atom is 0.306 e. The Labute approximate surface area is 159 Å². The number of nitrogens with zero attached hydrogens (tertiary/aromatic N) is 2. The van der Waals surface area contributed by atoms with Gasteiger partial charge in [0.2, 0.25) is 0 Å². The van der Waals surface area contributed by atoms with Gasteiger partial charge in [-0.2, -0.15) is 5.10 Å². The summed E-state index contributed by atoms with van der Waals surface area (Å²) in [5, 5.41) is 3.57. The van der Waals surface area contributed by atoms with Gasteiger partial charge in [-0.25, -0.2) is 10.8 Å². The van der Waals surface area contributed by atoms with Crippen molar-refractivity contribution in [2.45, 2.75) is 25.2 Å². The van der Waals surface area contributed by atoms with E-state index in [0.29, 0.717) is 6.42 Å². The monoisotopic (exact) mass is 367 g/mol. The van der Waals surface area contributed by atoms with E-state index in [1.807, 2.05) is 48.5 Å². The Bertz CT molecular complexity index is 787. The number of ether oxygens (including phenoxy) is 1. The summed E-state index contributed by atoms with van der Waals surface area (Å²) in [6, 6.07) is 15.8. The molecule has 27 heavy (non-hydrogen) atoms. The fraction of sp³-hybridized carbons (Fsp3) is 0.250. The van der Waals surface area contributed by atoms with Crippen molar-refractivity contribution in [2.24, 2.45) is 21.8 Å². The smallest absolute Gasteiger partial charge is 0.306 e. The second-order valence-electron chi connectivity index (χ2n) is 6.06. The van der Waals surface area contributed by atoms with E-state index in [0.717, 1.165) is 29.7 Å². The lowest BCUT2D eigenvalue weighted by Crippen LogP contribution is -2.18. The van der Waals surface area contributed by atoms with E-state index in [4.69, 9.17) is 16.4 Å². The predicted octanol–water partition coefficient (Wildman–Crippen LogP) is 2.38. The SMILES string of the molecule is COC(=O)CC(CCc1ccc(N=CNN)cc1)c1cccc(C=NN)c1. The van der Waals surface area contributed by atoms with Gasteiger partial charge in [0.1, 0.15) is 6.34 Å². The van der Waals surface area contributed by atoms with E-state index in [-0.39, 0.29) is 11.9 Å². The van der Waals surface area contributed by atoms with Crippen molar-refractivity contribution < 1.29 is 9.53 Å². The van der Waals surface area contributed by atoms with Gasteiger partial charge in [-0.15, -0.1) is 0 Å². The second-order valence-corrected chi connectivity index (χ2v) is 6.06. The fourth-order valence-electron chi connectivity index (χ4n) is 2.85. The van der Waals surface area contributed by atoms with Crippen LogP contribution in [-0.2, 0) is 16.0 Å². The predicted molar refractivity (Wildman–Crippen MR) is 108 cm³/mol. The summed E-state index contributed by atoms with van der Waals surface area (Å²) in [4.78, 5) is 16.0. The molecule has 2 aromatic rings. The number of aryl methyl sites for hydroxylation is 1. The molecule has 142 valence electrons. The fourth-order valence-corrected chi connectivity index (χ4v) is 2.85. The Morgan fingerprint density at radius 3 is 2.70 bits per heavy atom. The molecule has 7 heteroatoms. The lowest BCUT2D eigenvalue weighted by molar-refractivity contribution is -0.141. The molecule has 0 aliphatic carbocycles. The topological polar surface area (TPSA) is 115 Å². The summed E-state index contributed by atoms with van der Waals surface area (Å²) < 4.78 is 4.87. The van der Waals surface area contributed by atoms with E-state index < -0.39 is 0 Å². The lowest BCUT2D eigenvalue weighted by Gasteiger charge is -2.17. The number of aliphatic imine (C=N–C) groups is 1. The van der Waals surface area contributed by atoms with Crippen molar-refractivity contribution in [3.8, 4) is 0 Å². The molecule has 0 radical (unpaired) electrons. The molecule has 0 aliphatic heterocycles. The normalized spacial score (nSPS) is 12.4. The van der Waals surface area contributed by atoms with Gasteiger partial charge < -0.3 is 16.0 Å². The Kier molecular flexibility index (Phi) is 7.99. The standard InChI is InChI=1S/C20H25N5O2/c1-27-20(26)12-18(17-4-2-3-16(11-17)13-24-21)8-5-15-6-9-19(10-7-15)23-14-25-22/h2-4,6-7,9-11,13-14,18H,5,8,12,21-22H2,1H3,(H,23,25). The first-order valence-corrected chi connectivity index (χ1v) is 8.64. The van der Waals surface area contributed by atoms with Crippen LogP contribution in [0.25, 0.3) is 0 Å². The Hall–Kier alpha value is -3.19. The van der Waals surface area contributed by atoms with Crippen LogP contribution in [0.15, 0.2) is 58.6 Å². The van der Waals surface area contributed by atoms with Gasteiger partial charge in [0, 0.05) is 0 Å². The third-order valence-electron chi connectivity index (χ3n) is 4.25. The average Bonchev–Trinajstić information content (AvgIpc) is 2.70. The zero-order valence-corrected chi connectivity index (χ0v) is 15.3. The van der Waals surface area contributed by atoms with Crippen LogP contribution in [0.4, 0.5) is 5.69 Å². The van der Waals surface area contributed by atoms with E-state index in [9.17, 15) is 4.79 Å². The van der Waals surface area contributed by atoms with Gasteiger partial charge >= 0.3 is 5.97 Å². The first-order valence-electron chi connectivity index (χ1n) is 8.64. The number of methoxy groups -OCH3 is 1. The van der Waals surface area contributed by atoms with Crippen molar-refractivity contribution in [3.63, 3.8) is 0 Å². The van der Waals surface area contributed by atoms with E-state index in [1.165, 1.54) is 19.0 Å². The van der Waals surface area contributed by atoms with Crippen LogP contribution in [0.1, 0.15) is 35.4 Å². The largest absolute Gasteiger partial charge is 0.469 e. The zero-order valence-electron chi connectivity index (χ0n) is 15.3. The number of hydrazone groups is 1. The highest BCUT2D eigenvalue weighted by Gasteiger charge is 2.17. The Balaban J connectivity index is 2.11. The van der Waals surface area contributed by atoms with Gasteiger partial charge in [0.25, 0.3) is 0 Å². The molecule has 0 amide bonds. The van der Waals surface area contributed by atoms with Gasteiger partial charge in [-0.1, -0.05) is 30.3 Å². The molecule has 7 nitrogen and oxygen atoms in total. The van der Waals surface area contributed by atoms with Crippen LogP contribution in [0.2, 0.25) is 0 Å². The molecule has 0 bridgehead atoms. The molecular weight excluding hydrogens is 342 g/mol. The van der Waals surface area contributed by atoms with Crippen LogP contribution >= 0.6 is 0 Å². The molecule has 0 heterocycles. The maximum atomic E-state index is 11.9. The molecule has 5 N–H and O–H groups in total. The van der Waals surface area contributed by atoms with Crippen LogP contribution in [0.5, 0.6) is 0 Å². The highest BCUT2D eigenvalue weighted by atomic mass is 16.5. The summed E-state index contributed by atoms with van der Waals surface area (Å²) >= 11 is 0. The summed E-state index contributed by atoms with van der Waals surface area (Å²) in [5.41, 5.74) is 6.33. The number of rotatable bonds is 9. The summed E-state index contributed by atoms with van der Waals surface area (Å²) in [7, 11) is 1.41. The Morgan fingerprint density at radius 1 is 1.26 bits per heavy atom. The number of benzene rings is 2. The molecule has 2 aromatic carbocycles. The van der Waals surface area contributed by atoms with Gasteiger partial charge in [-0.05, 0) is 53.6 Å². The third kappa shape index (κ3) is 6.56. The quantitative estimate of drug-likeness (QED) is 0.207. The molecule has 0 aromatic heterocycles. The van der Waals surface area contributed by atoms with Crippen LogP contribution < -0.4 is 17.1 Å². The number of hydrogen-bond donors (Lipinski definition) is 3. The zero-order chi connectivity index (χ0) is 19.5. The van der Waals surface area contributed by atoms with Crippen LogP contribution in [-0.4, -0.2) is 25.6 Å². The van der Waals surface area contributed by atoms with Crippen molar-refractivity contribution in [1.29, 1.82) is 0 Å². The van der Waals surface area contributed by atoms with Crippen molar-refractivity contribution in [1.82, 2.24) is 5.43 Å².